The van der Waals surface area contributed by atoms with Gasteiger partial charge in [0.05, 0.1) is 0 Å². The third-order valence-electron chi connectivity index (χ3n) is 4.15. The number of para-hydroxylation sites is 1. The van der Waals surface area contributed by atoms with E-state index >= 15 is 0 Å². The van der Waals surface area contributed by atoms with Gasteiger partial charge < -0.3 is 10.2 Å². The SMILES string of the molecule is CN(C)Cc1ccccc1NC1CCN(C2CC2)C1. The Hall–Kier alpha value is -1.06. The second kappa shape index (κ2) is 5.51. The fraction of sp³-hybridized carbons (Fsp3) is 0.625. The highest BCUT2D eigenvalue weighted by molar-refractivity contribution is 5.52. The zero-order chi connectivity index (χ0) is 13.2. The van der Waals surface area contributed by atoms with Gasteiger partial charge in [0, 0.05) is 37.4 Å². The van der Waals surface area contributed by atoms with Gasteiger partial charge in [0.25, 0.3) is 0 Å². The normalized spacial score (nSPS) is 24.1. The van der Waals surface area contributed by atoms with Crippen LogP contribution in [0.15, 0.2) is 24.3 Å². The smallest absolute Gasteiger partial charge is 0.0400 e. The summed E-state index contributed by atoms with van der Waals surface area (Å²) in [6.45, 7) is 3.50. The summed E-state index contributed by atoms with van der Waals surface area (Å²) in [6.07, 6.45) is 4.13. The molecule has 2 aliphatic rings. The molecule has 0 amide bonds. The second-order valence-electron chi connectivity index (χ2n) is 6.25. The van der Waals surface area contributed by atoms with Crippen molar-refractivity contribution in [1.82, 2.24) is 9.80 Å². The van der Waals surface area contributed by atoms with Crippen LogP contribution in [0, 0.1) is 0 Å². The Balaban J connectivity index is 1.62. The number of nitrogens with zero attached hydrogens (tertiary/aromatic N) is 2. The average Bonchev–Trinajstić information content (AvgIpc) is 3.12. The molecular weight excluding hydrogens is 234 g/mol. The number of hydrogen-bond acceptors (Lipinski definition) is 3. The fourth-order valence-corrected chi connectivity index (χ4v) is 3.04. The van der Waals surface area contributed by atoms with E-state index in [0.29, 0.717) is 6.04 Å². The quantitative estimate of drug-likeness (QED) is 0.876. The minimum absolute atomic E-state index is 0.629. The second-order valence-corrected chi connectivity index (χ2v) is 6.25. The topological polar surface area (TPSA) is 18.5 Å². The van der Waals surface area contributed by atoms with Crippen molar-refractivity contribution in [3.63, 3.8) is 0 Å². The van der Waals surface area contributed by atoms with Gasteiger partial charge >= 0.3 is 0 Å². The maximum atomic E-state index is 3.76. The first-order valence-corrected chi connectivity index (χ1v) is 7.45. The highest BCUT2D eigenvalue weighted by Gasteiger charge is 2.34. The monoisotopic (exact) mass is 259 g/mol. The van der Waals surface area contributed by atoms with E-state index in [1.165, 1.54) is 43.6 Å². The number of anilines is 1. The summed E-state index contributed by atoms with van der Waals surface area (Å²) in [7, 11) is 4.25. The van der Waals surface area contributed by atoms with Crippen LogP contribution in [0.4, 0.5) is 5.69 Å². The molecule has 1 aliphatic heterocycles. The predicted molar refractivity (Wildman–Crippen MR) is 80.5 cm³/mol. The van der Waals surface area contributed by atoms with Gasteiger partial charge in [-0.25, -0.2) is 0 Å². The summed E-state index contributed by atoms with van der Waals surface area (Å²) in [5, 5.41) is 3.76. The highest BCUT2D eigenvalue weighted by atomic mass is 15.2. The van der Waals surface area contributed by atoms with Gasteiger partial charge in [-0.3, -0.25) is 4.90 Å². The molecule has 1 unspecified atom stereocenters. The first-order chi connectivity index (χ1) is 9.22. The zero-order valence-corrected chi connectivity index (χ0v) is 12.1. The van der Waals surface area contributed by atoms with Crippen LogP contribution < -0.4 is 5.32 Å². The van der Waals surface area contributed by atoms with Gasteiger partial charge in [0.15, 0.2) is 0 Å². The van der Waals surface area contributed by atoms with Gasteiger partial charge in [0.1, 0.15) is 0 Å². The third kappa shape index (κ3) is 3.28. The Kier molecular flexibility index (Phi) is 3.76. The molecule has 0 aromatic heterocycles. The summed E-state index contributed by atoms with van der Waals surface area (Å²) >= 11 is 0. The van der Waals surface area contributed by atoms with E-state index in [1.807, 2.05) is 0 Å². The van der Waals surface area contributed by atoms with Crippen LogP contribution in [0.2, 0.25) is 0 Å². The van der Waals surface area contributed by atoms with E-state index < -0.39 is 0 Å². The van der Waals surface area contributed by atoms with Gasteiger partial charge in [-0.15, -0.1) is 0 Å². The number of benzene rings is 1. The van der Waals surface area contributed by atoms with Crippen molar-refractivity contribution >= 4 is 5.69 Å². The maximum Gasteiger partial charge on any atom is 0.0400 e. The lowest BCUT2D eigenvalue weighted by Crippen LogP contribution is -2.28. The molecule has 1 atom stereocenters. The van der Waals surface area contributed by atoms with E-state index in [1.54, 1.807) is 0 Å². The lowest BCUT2D eigenvalue weighted by molar-refractivity contribution is 0.326. The first kappa shape index (κ1) is 12.9. The molecule has 0 radical (unpaired) electrons. The number of rotatable bonds is 5. The van der Waals surface area contributed by atoms with Crippen molar-refractivity contribution in [2.75, 3.05) is 32.5 Å². The van der Waals surface area contributed by atoms with Crippen molar-refractivity contribution in [3.8, 4) is 0 Å². The minimum Gasteiger partial charge on any atom is -0.381 e. The Morgan fingerprint density at radius 3 is 2.74 bits per heavy atom. The summed E-state index contributed by atoms with van der Waals surface area (Å²) in [6, 6.07) is 10.3. The average molecular weight is 259 g/mol. The molecular formula is C16H25N3. The van der Waals surface area contributed by atoms with Crippen molar-refractivity contribution in [1.29, 1.82) is 0 Å². The van der Waals surface area contributed by atoms with Crippen LogP contribution in [0.25, 0.3) is 0 Å². The van der Waals surface area contributed by atoms with Gasteiger partial charge in [-0.2, -0.15) is 0 Å². The molecule has 104 valence electrons. The van der Waals surface area contributed by atoms with E-state index in [0.717, 1.165) is 12.6 Å². The molecule has 19 heavy (non-hydrogen) atoms. The number of hydrogen-bond donors (Lipinski definition) is 1. The number of nitrogens with one attached hydrogen (secondary N) is 1. The van der Waals surface area contributed by atoms with Crippen LogP contribution in [0.3, 0.4) is 0 Å². The third-order valence-corrected chi connectivity index (χ3v) is 4.15. The highest BCUT2D eigenvalue weighted by Crippen LogP contribution is 2.31. The van der Waals surface area contributed by atoms with Crippen molar-refractivity contribution in [2.24, 2.45) is 0 Å². The van der Waals surface area contributed by atoms with Gasteiger partial charge in [-0.1, -0.05) is 18.2 Å². The molecule has 0 spiro atoms. The summed E-state index contributed by atoms with van der Waals surface area (Å²) < 4.78 is 0. The van der Waals surface area contributed by atoms with E-state index in [-0.39, 0.29) is 0 Å². The molecule has 1 N–H and O–H groups in total. The number of likely N-dealkylation sites (tertiary alicyclic amines) is 1. The standard InChI is InChI=1S/C16H25N3/c1-18(2)11-13-5-3-4-6-16(13)17-14-9-10-19(12-14)15-7-8-15/h3-6,14-15,17H,7-12H2,1-2H3. The van der Waals surface area contributed by atoms with Gasteiger partial charge in [0.2, 0.25) is 0 Å². The molecule has 1 saturated carbocycles. The molecule has 1 heterocycles. The van der Waals surface area contributed by atoms with Crippen LogP contribution in [0.1, 0.15) is 24.8 Å². The van der Waals surface area contributed by atoms with Crippen molar-refractivity contribution in [2.45, 2.75) is 37.9 Å². The first-order valence-electron chi connectivity index (χ1n) is 7.45. The van der Waals surface area contributed by atoms with Crippen LogP contribution in [-0.4, -0.2) is 49.1 Å². The predicted octanol–water partition coefficient (Wildman–Crippen LogP) is 2.40. The van der Waals surface area contributed by atoms with E-state index in [9.17, 15) is 0 Å². The molecule has 1 aliphatic carbocycles. The Morgan fingerprint density at radius 1 is 1.21 bits per heavy atom. The van der Waals surface area contributed by atoms with E-state index in [2.05, 4.69) is 53.5 Å². The fourth-order valence-electron chi connectivity index (χ4n) is 3.04. The van der Waals surface area contributed by atoms with E-state index in [4.69, 9.17) is 0 Å². The largest absolute Gasteiger partial charge is 0.381 e. The van der Waals surface area contributed by atoms with Crippen molar-refractivity contribution < 1.29 is 0 Å². The van der Waals surface area contributed by atoms with Crippen LogP contribution in [-0.2, 0) is 6.54 Å². The lowest BCUT2D eigenvalue weighted by atomic mass is 10.1. The molecule has 1 aromatic rings. The molecule has 0 bridgehead atoms. The molecule has 1 aromatic carbocycles. The minimum atomic E-state index is 0.629. The molecule has 1 saturated heterocycles. The summed E-state index contributed by atoms with van der Waals surface area (Å²) in [5.41, 5.74) is 2.72. The summed E-state index contributed by atoms with van der Waals surface area (Å²) in [5.74, 6) is 0. The maximum absolute atomic E-state index is 3.76. The Bertz CT molecular complexity index is 426. The molecule has 3 heteroatoms. The van der Waals surface area contributed by atoms with Crippen LogP contribution >= 0.6 is 0 Å². The van der Waals surface area contributed by atoms with Crippen LogP contribution in [0.5, 0.6) is 0 Å². The zero-order valence-electron chi connectivity index (χ0n) is 12.1. The summed E-state index contributed by atoms with van der Waals surface area (Å²) in [4.78, 5) is 4.89. The van der Waals surface area contributed by atoms with Gasteiger partial charge in [-0.05, 0) is 45.0 Å². The Labute approximate surface area is 116 Å². The molecule has 2 fully saturated rings. The van der Waals surface area contributed by atoms with Crippen molar-refractivity contribution in [3.05, 3.63) is 29.8 Å². The molecule has 3 nitrogen and oxygen atoms in total. The lowest BCUT2D eigenvalue weighted by Gasteiger charge is -2.20. The Morgan fingerprint density at radius 2 is 2.00 bits per heavy atom. The molecule has 3 rings (SSSR count).